The van der Waals surface area contributed by atoms with Crippen molar-refractivity contribution in [1.29, 1.82) is 5.26 Å². The highest BCUT2D eigenvalue weighted by Crippen LogP contribution is 2.55. The number of nitrogens with two attached hydrogens (primary N) is 1. The third kappa shape index (κ3) is 2.02. The number of hydrogen-bond acceptors (Lipinski definition) is 7. The standard InChI is InChI=1S/C23H13N3O5/c1-11(27)26-16-9-5-4-8-14(16)23(22(26)30)15(10-24)21(25)31-20-17(23)18(28)12-6-2-3-7-13(12)19(20)29/h2-9H,25H2,1H3/t23-/m1/s1. The third-order valence-corrected chi connectivity index (χ3v) is 5.78. The minimum absolute atomic E-state index is 0.0820. The Morgan fingerprint density at radius 2 is 1.65 bits per heavy atom. The molecule has 0 saturated heterocycles. The maximum Gasteiger partial charge on any atom is 0.254 e. The molecule has 0 saturated carbocycles. The molecule has 1 aliphatic carbocycles. The summed E-state index contributed by atoms with van der Waals surface area (Å²) in [5.74, 6) is -3.59. The quantitative estimate of drug-likeness (QED) is 0.700. The Kier molecular flexibility index (Phi) is 3.58. The summed E-state index contributed by atoms with van der Waals surface area (Å²) in [6.07, 6.45) is 0. The molecule has 2 N–H and O–H groups in total. The Morgan fingerprint density at radius 1 is 1.03 bits per heavy atom. The first kappa shape index (κ1) is 18.5. The summed E-state index contributed by atoms with van der Waals surface area (Å²) in [6, 6.07) is 14.3. The first-order chi connectivity index (χ1) is 14.9. The molecule has 0 unspecified atom stereocenters. The molecule has 2 aromatic carbocycles. The topological polar surface area (TPSA) is 131 Å². The molecule has 1 spiro atoms. The zero-order valence-corrected chi connectivity index (χ0v) is 16.1. The van der Waals surface area contributed by atoms with E-state index in [2.05, 4.69) is 0 Å². The Bertz CT molecular complexity index is 1380. The van der Waals surface area contributed by atoms with Crippen LogP contribution in [0.15, 0.2) is 71.3 Å². The number of nitriles is 1. The summed E-state index contributed by atoms with van der Waals surface area (Å²) in [7, 11) is 0. The number of para-hydroxylation sites is 1. The highest BCUT2D eigenvalue weighted by atomic mass is 16.5. The number of rotatable bonds is 0. The lowest BCUT2D eigenvalue weighted by Gasteiger charge is -2.37. The molecule has 2 amide bonds. The smallest absolute Gasteiger partial charge is 0.254 e. The van der Waals surface area contributed by atoms with Crippen LogP contribution in [-0.2, 0) is 19.7 Å². The van der Waals surface area contributed by atoms with Crippen molar-refractivity contribution in [1.82, 2.24) is 0 Å². The van der Waals surface area contributed by atoms with Crippen molar-refractivity contribution in [3.8, 4) is 6.07 Å². The third-order valence-electron chi connectivity index (χ3n) is 5.78. The van der Waals surface area contributed by atoms with Crippen LogP contribution in [0.1, 0.15) is 33.2 Å². The molecule has 3 aliphatic rings. The van der Waals surface area contributed by atoms with Gasteiger partial charge in [-0.05, 0) is 6.07 Å². The second kappa shape index (κ2) is 6.00. The van der Waals surface area contributed by atoms with Gasteiger partial charge in [-0.2, -0.15) is 5.26 Å². The number of allylic oxidation sites excluding steroid dienone is 1. The van der Waals surface area contributed by atoms with E-state index in [1.54, 1.807) is 24.3 Å². The van der Waals surface area contributed by atoms with E-state index in [-0.39, 0.29) is 33.5 Å². The van der Waals surface area contributed by atoms with Crippen LogP contribution in [0.5, 0.6) is 0 Å². The second-order valence-electron chi connectivity index (χ2n) is 7.29. The van der Waals surface area contributed by atoms with Crippen molar-refractivity contribution < 1.29 is 23.9 Å². The molecule has 0 radical (unpaired) electrons. The maximum absolute atomic E-state index is 13.8. The number of ketones is 2. The normalized spacial score (nSPS) is 21.5. The zero-order valence-electron chi connectivity index (χ0n) is 16.1. The van der Waals surface area contributed by atoms with E-state index >= 15 is 0 Å². The van der Waals surface area contributed by atoms with Crippen LogP contribution in [-0.4, -0.2) is 23.4 Å². The number of anilines is 1. The molecule has 8 nitrogen and oxygen atoms in total. The van der Waals surface area contributed by atoms with Crippen LogP contribution in [0.25, 0.3) is 0 Å². The molecule has 1 atom stereocenters. The molecule has 0 bridgehead atoms. The van der Waals surface area contributed by atoms with Crippen LogP contribution in [0.2, 0.25) is 0 Å². The number of imide groups is 1. The van der Waals surface area contributed by atoms with Gasteiger partial charge in [-0.3, -0.25) is 19.2 Å². The number of fused-ring (bicyclic) bond motifs is 4. The van der Waals surface area contributed by atoms with Gasteiger partial charge in [-0.25, -0.2) is 4.90 Å². The number of carbonyl (C=O) groups is 4. The Balaban J connectivity index is 1.94. The van der Waals surface area contributed by atoms with Gasteiger partial charge in [-0.1, -0.05) is 42.5 Å². The number of ether oxygens (including phenoxy) is 1. The monoisotopic (exact) mass is 411 g/mol. The predicted molar refractivity (Wildman–Crippen MR) is 106 cm³/mol. The van der Waals surface area contributed by atoms with Gasteiger partial charge in [0.25, 0.3) is 5.91 Å². The number of carbonyl (C=O) groups excluding carboxylic acids is 4. The van der Waals surface area contributed by atoms with Gasteiger partial charge in [-0.15, -0.1) is 0 Å². The van der Waals surface area contributed by atoms with Crippen LogP contribution < -0.4 is 10.6 Å². The molecular weight excluding hydrogens is 398 g/mol. The zero-order chi connectivity index (χ0) is 22.1. The van der Waals surface area contributed by atoms with Gasteiger partial charge in [0.05, 0.1) is 11.3 Å². The van der Waals surface area contributed by atoms with E-state index in [1.165, 1.54) is 31.2 Å². The van der Waals surface area contributed by atoms with Crippen LogP contribution in [0, 0.1) is 11.3 Å². The van der Waals surface area contributed by atoms with E-state index < -0.39 is 40.4 Å². The lowest BCUT2D eigenvalue weighted by molar-refractivity contribution is -0.126. The van der Waals surface area contributed by atoms with Crippen LogP contribution in [0.3, 0.4) is 0 Å². The fraction of sp³-hybridized carbons (Fsp3) is 0.0870. The average Bonchev–Trinajstić information content (AvgIpc) is 3.01. The molecule has 0 fully saturated rings. The Hall–Kier alpha value is -4.51. The minimum Gasteiger partial charge on any atom is -0.436 e. The Labute approximate surface area is 175 Å². The molecule has 150 valence electrons. The van der Waals surface area contributed by atoms with Crippen molar-refractivity contribution in [3.63, 3.8) is 0 Å². The highest BCUT2D eigenvalue weighted by molar-refractivity contribution is 6.34. The molecular formula is C23H13N3O5. The number of benzene rings is 2. The van der Waals surface area contributed by atoms with Gasteiger partial charge in [0, 0.05) is 23.6 Å². The fourth-order valence-electron chi connectivity index (χ4n) is 4.57. The molecule has 5 rings (SSSR count). The van der Waals surface area contributed by atoms with Gasteiger partial charge in [0.15, 0.2) is 11.5 Å². The first-order valence-corrected chi connectivity index (χ1v) is 9.31. The van der Waals surface area contributed by atoms with E-state index in [4.69, 9.17) is 10.5 Å². The summed E-state index contributed by atoms with van der Waals surface area (Å²) in [5, 5.41) is 9.95. The van der Waals surface area contributed by atoms with E-state index in [0.29, 0.717) is 0 Å². The van der Waals surface area contributed by atoms with Crippen LogP contribution >= 0.6 is 0 Å². The van der Waals surface area contributed by atoms with E-state index in [0.717, 1.165) is 4.90 Å². The number of nitrogens with zero attached hydrogens (tertiary/aromatic N) is 2. The number of hydrogen-bond donors (Lipinski definition) is 1. The summed E-state index contributed by atoms with van der Waals surface area (Å²) < 4.78 is 5.47. The maximum atomic E-state index is 13.8. The number of amides is 2. The van der Waals surface area contributed by atoms with Crippen molar-refractivity contribution in [2.75, 3.05) is 4.90 Å². The van der Waals surface area contributed by atoms with Gasteiger partial charge < -0.3 is 10.5 Å². The van der Waals surface area contributed by atoms with Gasteiger partial charge in [0.2, 0.25) is 17.6 Å². The second-order valence-corrected chi connectivity index (χ2v) is 7.29. The Morgan fingerprint density at radius 3 is 2.29 bits per heavy atom. The molecule has 2 aromatic rings. The van der Waals surface area contributed by atoms with Gasteiger partial charge in [0.1, 0.15) is 17.1 Å². The molecule has 2 aliphatic heterocycles. The summed E-state index contributed by atoms with van der Waals surface area (Å²) in [4.78, 5) is 54.0. The summed E-state index contributed by atoms with van der Waals surface area (Å²) in [6.45, 7) is 1.20. The van der Waals surface area contributed by atoms with Crippen molar-refractivity contribution >= 4 is 29.1 Å². The van der Waals surface area contributed by atoms with Crippen molar-refractivity contribution in [2.24, 2.45) is 5.73 Å². The number of Topliss-reactive ketones (excluding diaryl/α,β-unsaturated/α-hetero) is 2. The van der Waals surface area contributed by atoms with E-state index in [9.17, 15) is 24.4 Å². The van der Waals surface area contributed by atoms with Crippen LogP contribution in [0.4, 0.5) is 5.69 Å². The predicted octanol–water partition coefficient (Wildman–Crippen LogP) is 1.87. The lowest BCUT2D eigenvalue weighted by atomic mass is 9.64. The van der Waals surface area contributed by atoms with Crippen molar-refractivity contribution in [2.45, 2.75) is 12.3 Å². The average molecular weight is 411 g/mol. The largest absolute Gasteiger partial charge is 0.436 e. The molecule has 8 heteroatoms. The summed E-state index contributed by atoms with van der Waals surface area (Å²) >= 11 is 0. The first-order valence-electron chi connectivity index (χ1n) is 9.31. The minimum atomic E-state index is -2.06. The summed E-state index contributed by atoms with van der Waals surface area (Å²) in [5.41, 5.74) is 3.92. The van der Waals surface area contributed by atoms with E-state index in [1.807, 2.05) is 6.07 Å². The fourth-order valence-corrected chi connectivity index (χ4v) is 4.57. The molecule has 2 heterocycles. The molecule has 0 aromatic heterocycles. The molecule has 31 heavy (non-hydrogen) atoms. The lowest BCUT2D eigenvalue weighted by Crippen LogP contribution is -2.51. The SMILES string of the molecule is CC(=O)N1C(=O)[C@@]2(C(C#N)=C(N)OC3=C2C(=O)c2ccccc2C3=O)c2ccccc21. The van der Waals surface area contributed by atoms with Crippen molar-refractivity contribution in [3.05, 3.63) is 88.0 Å². The highest BCUT2D eigenvalue weighted by Gasteiger charge is 2.64. The van der Waals surface area contributed by atoms with Gasteiger partial charge >= 0.3 is 0 Å².